The van der Waals surface area contributed by atoms with E-state index in [1.807, 2.05) is 0 Å². The van der Waals surface area contributed by atoms with E-state index in [1.54, 1.807) is 97.1 Å². The Morgan fingerprint density at radius 2 is 0.475 bits per heavy atom. The summed E-state index contributed by atoms with van der Waals surface area (Å²) >= 11 is 0. The largest absolute Gasteiger partial charge is 1.00 e. The Hall–Kier alpha value is -5.87. The summed E-state index contributed by atoms with van der Waals surface area (Å²) in [7, 11) is 0. The normalized spacial score (nSPS) is 15.7. The van der Waals surface area contributed by atoms with Gasteiger partial charge in [0.15, 0.2) is 0 Å². The highest BCUT2D eigenvalue weighted by Gasteiger charge is 2.40. The molecule has 13 nitrogen and oxygen atoms in total. The minimum atomic E-state index is -0.351. The van der Waals surface area contributed by atoms with Crippen LogP contribution in [-0.2, 0) is 0 Å². The summed E-state index contributed by atoms with van der Waals surface area (Å²) in [6.07, 6.45) is 2.39. The third kappa shape index (κ3) is 7.62. The zero-order valence-electron chi connectivity index (χ0n) is 32.3. The molecule has 0 bridgehead atoms. The monoisotopic (exact) mass is 907 g/mol. The molecule has 0 spiro atoms. The number of hydrogen-bond donors (Lipinski definition) is 0. The summed E-state index contributed by atoms with van der Waals surface area (Å²) in [4.78, 5) is 111. The molecule has 4 aromatic rings. The second kappa shape index (κ2) is 17.2. The van der Waals surface area contributed by atoms with Crippen molar-refractivity contribution >= 4 is 47.3 Å². The van der Waals surface area contributed by atoms with E-state index in [9.17, 15) is 38.4 Å². The number of amides is 8. The Morgan fingerprint density at radius 1 is 0.288 bits per heavy atom. The van der Waals surface area contributed by atoms with E-state index < -0.39 is 0 Å². The molecule has 0 aromatic heterocycles. The minimum absolute atomic E-state index is 0. The number of carbonyl (C=O) groups excluding carboxylic acids is 8. The molecule has 8 rings (SSSR count). The number of carbonyl (C=O) groups is 8. The van der Waals surface area contributed by atoms with Gasteiger partial charge in [-0.1, -0.05) is 48.5 Å². The lowest BCUT2D eigenvalue weighted by Crippen LogP contribution is -3.00. The number of nitrogens with zero attached hydrogens (tertiary/aromatic N) is 5. The van der Waals surface area contributed by atoms with Crippen molar-refractivity contribution in [3.05, 3.63) is 142 Å². The zero-order chi connectivity index (χ0) is 40.6. The summed E-state index contributed by atoms with van der Waals surface area (Å²) < 4.78 is 0.414. The van der Waals surface area contributed by atoms with Crippen LogP contribution in [0.1, 0.15) is 115 Å². The van der Waals surface area contributed by atoms with Crippen LogP contribution in [0, 0.1) is 0 Å². The highest BCUT2D eigenvalue weighted by atomic mass is 127. The SMILES string of the molecule is O=C1c2ccccc2C(=O)N1CCCC[N+](CCCN1C(=O)c2ccccc2C1=O)(CCCN1C(=O)c2ccccc2C1=O)CCCN1C(=O)c2ccccc2C1=O.[I-]. The molecule has 0 N–H and O–H groups in total. The Kier molecular flexibility index (Phi) is 12.0. The van der Waals surface area contributed by atoms with E-state index >= 15 is 0 Å². The van der Waals surface area contributed by atoms with Gasteiger partial charge in [0.25, 0.3) is 47.3 Å². The third-order valence-corrected chi connectivity index (χ3v) is 11.8. The second-order valence-corrected chi connectivity index (χ2v) is 15.2. The summed E-state index contributed by atoms with van der Waals surface area (Å²) in [5.41, 5.74) is 2.95. The van der Waals surface area contributed by atoms with Crippen molar-refractivity contribution in [2.45, 2.75) is 32.1 Å². The van der Waals surface area contributed by atoms with E-state index in [0.29, 0.717) is 107 Å². The van der Waals surface area contributed by atoms with Gasteiger partial charge in [-0.2, -0.15) is 0 Å². The molecule has 4 aromatic carbocycles. The van der Waals surface area contributed by atoms with E-state index in [2.05, 4.69) is 0 Å². The van der Waals surface area contributed by atoms with Gasteiger partial charge in [0.05, 0.1) is 70.7 Å². The van der Waals surface area contributed by atoms with Crippen LogP contribution in [0.25, 0.3) is 0 Å². The van der Waals surface area contributed by atoms with Gasteiger partial charge in [0, 0.05) is 45.4 Å². The number of unbranched alkanes of at least 4 members (excludes halogenated alkanes) is 1. The van der Waals surface area contributed by atoms with Crippen molar-refractivity contribution in [3.8, 4) is 0 Å². The van der Waals surface area contributed by atoms with Gasteiger partial charge < -0.3 is 28.5 Å². The lowest BCUT2D eigenvalue weighted by Gasteiger charge is -2.40. The van der Waals surface area contributed by atoms with Crippen LogP contribution in [0.15, 0.2) is 97.1 Å². The summed E-state index contributed by atoms with van der Waals surface area (Å²) in [5.74, 6) is -2.77. The molecule has 0 unspecified atom stereocenters. The first-order valence-corrected chi connectivity index (χ1v) is 19.8. The molecule has 4 heterocycles. The molecule has 4 aliphatic rings. The molecule has 0 fully saturated rings. The topological polar surface area (TPSA) is 150 Å². The first-order chi connectivity index (χ1) is 28.1. The highest BCUT2D eigenvalue weighted by Crippen LogP contribution is 2.28. The number of halogens is 1. The molecule has 302 valence electrons. The Balaban J connectivity index is 0.00000528. The summed E-state index contributed by atoms with van der Waals surface area (Å²) in [6.45, 7) is 2.73. The maximum Gasteiger partial charge on any atom is 0.261 e. The van der Waals surface area contributed by atoms with Gasteiger partial charge in [-0.05, 0) is 61.4 Å². The number of quaternary nitrogens is 1. The number of imide groups is 4. The molecule has 8 amide bonds. The maximum atomic E-state index is 13.3. The van der Waals surface area contributed by atoms with Gasteiger partial charge in [-0.15, -0.1) is 0 Å². The fourth-order valence-electron chi connectivity index (χ4n) is 8.85. The van der Waals surface area contributed by atoms with Crippen molar-refractivity contribution in [3.63, 3.8) is 0 Å². The van der Waals surface area contributed by atoms with Crippen LogP contribution in [-0.4, -0.2) is 124 Å². The molecule has 59 heavy (non-hydrogen) atoms. The van der Waals surface area contributed by atoms with Crippen LogP contribution in [0.4, 0.5) is 0 Å². The molecule has 0 aliphatic carbocycles. The van der Waals surface area contributed by atoms with Gasteiger partial charge >= 0.3 is 0 Å². The average Bonchev–Trinajstić information content (AvgIpc) is 3.83. The number of fused-ring (bicyclic) bond motifs is 4. The predicted octanol–water partition coefficient (Wildman–Crippen LogP) is 1.94. The van der Waals surface area contributed by atoms with Crippen LogP contribution in [0.2, 0.25) is 0 Å². The smallest absolute Gasteiger partial charge is 0.261 e. The summed E-state index contributed by atoms with van der Waals surface area (Å²) in [6, 6.07) is 26.9. The van der Waals surface area contributed by atoms with Crippen LogP contribution in [0.5, 0.6) is 0 Å². The van der Waals surface area contributed by atoms with Crippen molar-refractivity contribution in [1.29, 1.82) is 0 Å². The fraction of sp³-hybridized carbons (Fsp3) is 0.289. The van der Waals surface area contributed by atoms with Crippen LogP contribution >= 0.6 is 0 Å². The first-order valence-electron chi connectivity index (χ1n) is 19.8. The standard InChI is InChI=1S/C45H42N5O8.HI/c51-38-30-14-1-2-15-31(30)39(52)46(38)22-9-10-26-50(27-11-23-47-40(53)32-16-3-4-17-33(32)41(47)54,28-12-24-48-42(55)34-18-5-6-19-35(34)43(48)56)29-13-25-49-44(57)36-20-7-8-21-37(36)45(49)58;/h1-8,14-21H,9-13,22-29H2;1H/q+1;/p-1. The molecule has 14 heteroatoms. The number of rotatable bonds is 17. The quantitative estimate of drug-likeness (QED) is 0.0676. The second-order valence-electron chi connectivity index (χ2n) is 15.2. The highest BCUT2D eigenvalue weighted by molar-refractivity contribution is 6.23. The Morgan fingerprint density at radius 3 is 0.695 bits per heavy atom. The molecular weight excluding hydrogens is 865 g/mol. The van der Waals surface area contributed by atoms with Crippen LogP contribution < -0.4 is 24.0 Å². The maximum absolute atomic E-state index is 13.3. The molecular formula is C45H42IN5O8. The Bertz CT molecular complexity index is 2080. The molecule has 0 saturated heterocycles. The van der Waals surface area contributed by atoms with Gasteiger partial charge in [0.1, 0.15) is 0 Å². The molecule has 4 aliphatic heterocycles. The van der Waals surface area contributed by atoms with Crippen molar-refractivity contribution in [2.24, 2.45) is 0 Å². The zero-order valence-corrected chi connectivity index (χ0v) is 34.5. The molecule has 0 atom stereocenters. The molecule has 0 radical (unpaired) electrons. The first kappa shape index (κ1) is 41.3. The third-order valence-electron chi connectivity index (χ3n) is 11.8. The minimum Gasteiger partial charge on any atom is -1.00 e. The number of benzene rings is 4. The van der Waals surface area contributed by atoms with Crippen molar-refractivity contribution in [2.75, 3.05) is 52.4 Å². The predicted molar refractivity (Wildman–Crippen MR) is 210 cm³/mol. The van der Waals surface area contributed by atoms with Gasteiger partial charge in [0.2, 0.25) is 0 Å². The van der Waals surface area contributed by atoms with E-state index in [-0.39, 0.29) is 97.4 Å². The van der Waals surface area contributed by atoms with Crippen molar-refractivity contribution < 1.29 is 66.8 Å². The van der Waals surface area contributed by atoms with Gasteiger partial charge in [-0.25, -0.2) is 0 Å². The van der Waals surface area contributed by atoms with Crippen molar-refractivity contribution in [1.82, 2.24) is 19.6 Å². The van der Waals surface area contributed by atoms with Gasteiger partial charge in [-0.3, -0.25) is 58.0 Å². The van der Waals surface area contributed by atoms with E-state index in [4.69, 9.17) is 0 Å². The average molecular weight is 908 g/mol. The lowest BCUT2D eigenvalue weighted by molar-refractivity contribution is -0.928. The number of hydrogen-bond acceptors (Lipinski definition) is 8. The summed E-state index contributed by atoms with van der Waals surface area (Å²) in [5, 5.41) is 0. The van der Waals surface area contributed by atoms with E-state index in [1.165, 1.54) is 19.6 Å². The fourth-order valence-corrected chi connectivity index (χ4v) is 8.85. The van der Waals surface area contributed by atoms with E-state index in [0.717, 1.165) is 0 Å². The molecule has 0 saturated carbocycles. The lowest BCUT2D eigenvalue weighted by atomic mass is 10.1. The Labute approximate surface area is 358 Å². The van der Waals surface area contributed by atoms with Crippen LogP contribution in [0.3, 0.4) is 0 Å².